The number of aliphatic hydroxyl groups is 4. The van der Waals surface area contributed by atoms with Crippen LogP contribution in [-0.4, -0.2) is 89.1 Å². The maximum atomic E-state index is 16.6. The molecule has 3 aromatic heterocycles. The van der Waals surface area contributed by atoms with Crippen molar-refractivity contribution in [2.45, 2.75) is 12.2 Å². The highest BCUT2D eigenvalue weighted by Gasteiger charge is 2.32. The Kier molecular flexibility index (Phi) is 12.6. The van der Waals surface area contributed by atoms with Crippen LogP contribution in [0.15, 0.2) is 72.8 Å². The first kappa shape index (κ1) is 47.0. The number of aromatic hydroxyl groups is 2. The van der Waals surface area contributed by atoms with Crippen molar-refractivity contribution in [1.82, 2.24) is 19.9 Å². The maximum absolute atomic E-state index is 16.6. The van der Waals surface area contributed by atoms with Crippen LogP contribution in [0.3, 0.4) is 0 Å². The molecule has 0 saturated heterocycles. The second kappa shape index (κ2) is 18.8. The molecule has 0 fully saturated rings. The highest BCUT2D eigenvalue weighted by molar-refractivity contribution is 6.00. The molecule has 70 heavy (non-hydrogen) atoms. The van der Waals surface area contributed by atoms with Crippen LogP contribution in [0.4, 0.5) is 46.5 Å². The second-order valence-electron chi connectivity index (χ2n) is 16.0. The minimum atomic E-state index is -1.88. The molecular weight excluding hydrogens is 933 g/mol. The van der Waals surface area contributed by atoms with Gasteiger partial charge in [-0.3, -0.25) is 0 Å². The first-order chi connectivity index (χ1) is 33.6. The quantitative estimate of drug-likeness (QED) is 0.0415. The fourth-order valence-corrected chi connectivity index (χ4v) is 8.24. The van der Waals surface area contributed by atoms with Crippen LogP contribution in [0.25, 0.3) is 90.9 Å². The van der Waals surface area contributed by atoms with E-state index in [1.807, 2.05) is 0 Å². The van der Waals surface area contributed by atoms with Gasteiger partial charge in [0.2, 0.25) is 0 Å². The van der Waals surface area contributed by atoms with Gasteiger partial charge in [-0.05, 0) is 84.0 Å². The lowest BCUT2D eigenvalue weighted by molar-refractivity contribution is 0.105. The summed E-state index contributed by atoms with van der Waals surface area (Å²) >= 11 is 0. The summed E-state index contributed by atoms with van der Waals surface area (Å²) < 4.78 is 130. The standard InChI is InChI=1S/C50H36F8N6O6/c51-41-39(42(52)46(56)49(45(41)55)59-17-25(69)19-65)37-31-11-7-27(61-31)35(21-3-1-5-23(67)15-21)28-8-12-32(62-28)38(40-43(53)47(57)50(48(58)44(40)54)60-18-26(70)20-66)34-14-10-30(64-34)36(29-9-13-33(37)63-29)22-4-2-6-24(68)16-22/h1-16,25-26,59-61,64-70H,17-20H2. The number of hydrogen-bond acceptors (Lipinski definition) is 10. The average molecular weight is 969 g/mol. The topological polar surface area (TPSA) is 203 Å². The lowest BCUT2D eigenvalue weighted by atomic mass is 10.0. The average Bonchev–Trinajstić information content (AvgIpc) is 4.20. The number of phenolic OH excluding ortho intramolecular Hbond substituents is 2. The first-order valence-electron chi connectivity index (χ1n) is 21.1. The Bertz CT molecular complexity index is 3220. The third kappa shape index (κ3) is 8.35. The Morgan fingerprint density at radius 2 is 0.743 bits per heavy atom. The number of benzene rings is 4. The number of hydrogen-bond donors (Lipinski definition) is 10. The molecule has 2 unspecified atom stereocenters. The van der Waals surface area contributed by atoms with Crippen molar-refractivity contribution in [3.8, 4) is 56.0 Å². The number of aliphatic hydroxyl groups excluding tert-OH is 4. The van der Waals surface area contributed by atoms with Gasteiger partial charge in [0.05, 0.1) is 59.3 Å². The normalized spacial score (nSPS) is 13.0. The molecule has 2 aliphatic heterocycles. The molecule has 20 heteroatoms. The van der Waals surface area contributed by atoms with Crippen molar-refractivity contribution >= 4 is 57.7 Å². The molecule has 358 valence electrons. The van der Waals surface area contributed by atoms with E-state index in [-0.39, 0.29) is 78.6 Å². The molecule has 0 spiro atoms. The highest BCUT2D eigenvalue weighted by atomic mass is 19.2. The molecule has 2 atom stereocenters. The zero-order valence-electron chi connectivity index (χ0n) is 35.8. The summed E-state index contributed by atoms with van der Waals surface area (Å²) in [5.74, 6) is -15.5. The van der Waals surface area contributed by atoms with Crippen molar-refractivity contribution < 1.29 is 65.8 Å². The van der Waals surface area contributed by atoms with Crippen LogP contribution >= 0.6 is 0 Å². The van der Waals surface area contributed by atoms with E-state index in [0.29, 0.717) is 0 Å². The van der Waals surface area contributed by atoms with Crippen molar-refractivity contribution in [3.63, 3.8) is 0 Å². The molecule has 2 aliphatic rings. The minimum absolute atomic E-state index is 0.0133. The summed E-state index contributed by atoms with van der Waals surface area (Å²) in [6.45, 7) is -3.06. The van der Waals surface area contributed by atoms with E-state index >= 15 is 35.1 Å². The van der Waals surface area contributed by atoms with E-state index in [0.717, 1.165) is 0 Å². The van der Waals surface area contributed by atoms with Crippen LogP contribution < -0.4 is 10.6 Å². The summed E-state index contributed by atoms with van der Waals surface area (Å²) in [5, 5.41) is 63.5. The van der Waals surface area contributed by atoms with Gasteiger partial charge in [0, 0.05) is 57.4 Å². The number of halogens is 8. The van der Waals surface area contributed by atoms with E-state index in [1.54, 1.807) is 0 Å². The third-order valence-electron chi connectivity index (χ3n) is 11.5. The monoisotopic (exact) mass is 968 g/mol. The molecular formula is C50H36F8N6O6. The molecule has 0 aliphatic carbocycles. The molecule has 0 radical (unpaired) electrons. The summed E-state index contributed by atoms with van der Waals surface area (Å²) in [7, 11) is 0. The zero-order chi connectivity index (χ0) is 49.7. The van der Waals surface area contributed by atoms with Crippen LogP contribution in [0.1, 0.15) is 22.8 Å². The Balaban J connectivity index is 1.44. The van der Waals surface area contributed by atoms with E-state index in [9.17, 15) is 30.6 Å². The number of aromatic nitrogens is 4. The van der Waals surface area contributed by atoms with Crippen LogP contribution in [-0.2, 0) is 0 Å². The lowest BCUT2D eigenvalue weighted by Crippen LogP contribution is -2.24. The van der Waals surface area contributed by atoms with Gasteiger partial charge < -0.3 is 51.2 Å². The number of phenols is 2. The Morgan fingerprint density at radius 1 is 0.429 bits per heavy atom. The zero-order valence-corrected chi connectivity index (χ0v) is 35.8. The fourth-order valence-electron chi connectivity index (χ4n) is 8.24. The van der Waals surface area contributed by atoms with Gasteiger partial charge in [-0.2, -0.15) is 0 Å². The number of nitrogens with one attached hydrogen (secondary N) is 4. The maximum Gasteiger partial charge on any atom is 0.185 e. The van der Waals surface area contributed by atoms with Gasteiger partial charge in [-0.15, -0.1) is 0 Å². The molecule has 12 nitrogen and oxygen atoms in total. The number of anilines is 2. The Labute approximate surface area is 389 Å². The van der Waals surface area contributed by atoms with Crippen LogP contribution in [0.2, 0.25) is 0 Å². The molecule has 7 aromatic rings. The summed E-state index contributed by atoms with van der Waals surface area (Å²) in [4.78, 5) is 15.4. The Morgan fingerprint density at radius 3 is 1.06 bits per heavy atom. The van der Waals surface area contributed by atoms with Gasteiger partial charge >= 0.3 is 0 Å². The van der Waals surface area contributed by atoms with Crippen molar-refractivity contribution in [2.75, 3.05) is 36.9 Å². The van der Waals surface area contributed by atoms with E-state index in [4.69, 9.17) is 9.97 Å². The van der Waals surface area contributed by atoms with Crippen molar-refractivity contribution in [1.29, 1.82) is 0 Å². The number of nitrogens with zero attached hydrogens (tertiary/aromatic N) is 2. The largest absolute Gasteiger partial charge is 0.508 e. The lowest BCUT2D eigenvalue weighted by Gasteiger charge is -2.16. The van der Waals surface area contributed by atoms with Crippen molar-refractivity contribution in [3.05, 3.63) is 142 Å². The van der Waals surface area contributed by atoms with Gasteiger partial charge in [0.15, 0.2) is 46.5 Å². The molecule has 10 N–H and O–H groups in total. The van der Waals surface area contributed by atoms with Gasteiger partial charge in [-0.1, -0.05) is 24.3 Å². The molecule has 0 saturated carbocycles. The van der Waals surface area contributed by atoms with Crippen molar-refractivity contribution in [2.24, 2.45) is 0 Å². The third-order valence-corrected chi connectivity index (χ3v) is 11.5. The van der Waals surface area contributed by atoms with Crippen LogP contribution in [0.5, 0.6) is 11.5 Å². The van der Waals surface area contributed by atoms with Gasteiger partial charge in [-0.25, -0.2) is 45.1 Å². The SMILES string of the molecule is OCC(O)CNc1c(F)c(F)c(-c2c3nc(c(-c4cccc(O)c4)c4ccc([nH]4)c(-c4c(F)c(F)c(NCC(O)CO)c(F)c4F)c4nc(c(-c5cccc(O)c5)c5ccc2[nH]5)C=C4)C=C3)c(F)c1F. The van der Waals surface area contributed by atoms with Gasteiger partial charge in [0.25, 0.3) is 0 Å². The number of H-pyrrole nitrogens is 2. The van der Waals surface area contributed by atoms with Crippen LogP contribution in [0, 0.1) is 46.5 Å². The number of fused-ring (bicyclic) bond motifs is 8. The van der Waals surface area contributed by atoms with Gasteiger partial charge in [0.1, 0.15) is 22.9 Å². The number of aromatic amines is 2. The molecule has 0 amide bonds. The summed E-state index contributed by atoms with van der Waals surface area (Å²) in [6.07, 6.45) is 2.19. The fraction of sp³-hybridized carbons (Fsp3) is 0.120. The molecule has 9 rings (SSSR count). The molecule has 8 bridgehead atoms. The summed E-state index contributed by atoms with van der Waals surface area (Å²) in [6, 6.07) is 16.7. The molecule has 4 aromatic carbocycles. The predicted molar refractivity (Wildman–Crippen MR) is 247 cm³/mol. The minimum Gasteiger partial charge on any atom is -0.508 e. The van der Waals surface area contributed by atoms with E-state index in [2.05, 4.69) is 20.6 Å². The predicted octanol–water partition coefficient (Wildman–Crippen LogP) is 9.38. The molecule has 5 heterocycles. The Hall–Kier alpha value is -8.04. The van der Waals surface area contributed by atoms with E-state index in [1.165, 1.54) is 97.1 Å². The number of rotatable bonds is 12. The first-order valence-corrected chi connectivity index (χ1v) is 21.1. The smallest absolute Gasteiger partial charge is 0.185 e. The summed E-state index contributed by atoms with van der Waals surface area (Å²) in [5.41, 5.74) is -6.11. The second-order valence-corrected chi connectivity index (χ2v) is 16.0. The van der Waals surface area contributed by atoms with E-state index < -0.39 is 119 Å². The highest BCUT2D eigenvalue weighted by Crippen LogP contribution is 2.44.